The average Bonchev–Trinajstić information content (AvgIpc) is 2.62. The van der Waals surface area contributed by atoms with Crippen molar-refractivity contribution in [1.29, 1.82) is 0 Å². The van der Waals surface area contributed by atoms with Crippen LogP contribution in [-0.4, -0.2) is 23.9 Å². The van der Waals surface area contributed by atoms with Gasteiger partial charge in [-0.2, -0.15) is 0 Å². The molecular weight excluding hydrogens is 248 g/mol. The molecule has 1 aromatic rings. The number of nitrogens with zero attached hydrogens (tertiary/aromatic N) is 1. The van der Waals surface area contributed by atoms with Crippen LogP contribution in [-0.2, 0) is 11.3 Å². The number of hydrogen-bond acceptors (Lipinski definition) is 2. The Hall–Kier alpha value is -1.79. The number of carbonyl (C=O) groups is 1. The minimum atomic E-state index is 0.279. The fourth-order valence-electron chi connectivity index (χ4n) is 2.41. The highest BCUT2D eigenvalue weighted by Gasteiger charge is 2.19. The molecule has 1 amide bonds. The van der Waals surface area contributed by atoms with Crippen LogP contribution in [0, 0.1) is 17.8 Å². The van der Waals surface area contributed by atoms with Crippen LogP contribution in [0.25, 0.3) is 0 Å². The summed E-state index contributed by atoms with van der Waals surface area (Å²) in [6.45, 7) is 4.18. The first-order valence-electron chi connectivity index (χ1n) is 7.24. The molecule has 2 N–H and O–H groups in total. The third-order valence-corrected chi connectivity index (χ3v) is 3.76. The van der Waals surface area contributed by atoms with Crippen molar-refractivity contribution >= 4 is 5.91 Å². The molecule has 3 nitrogen and oxygen atoms in total. The SMILES string of the molecule is CC1CCC(=O)N(Cc2ccc(C#CCN)cc2)CC1. The molecule has 0 saturated carbocycles. The zero-order valence-corrected chi connectivity index (χ0v) is 12.1. The number of carbonyl (C=O) groups excluding carboxylic acids is 1. The Bertz CT molecular complexity index is 510. The van der Waals surface area contributed by atoms with Gasteiger partial charge in [0.1, 0.15) is 0 Å². The fraction of sp³-hybridized carbons (Fsp3) is 0.471. The maximum absolute atomic E-state index is 12.1. The van der Waals surface area contributed by atoms with E-state index >= 15 is 0 Å². The lowest BCUT2D eigenvalue weighted by Crippen LogP contribution is -2.29. The van der Waals surface area contributed by atoms with Gasteiger partial charge in [-0.05, 0) is 36.5 Å². The number of benzene rings is 1. The third-order valence-electron chi connectivity index (χ3n) is 3.76. The highest BCUT2D eigenvalue weighted by atomic mass is 16.2. The first kappa shape index (κ1) is 14.6. The van der Waals surface area contributed by atoms with Crippen molar-refractivity contribution in [3.63, 3.8) is 0 Å². The van der Waals surface area contributed by atoms with Crippen molar-refractivity contribution in [1.82, 2.24) is 4.90 Å². The Morgan fingerprint density at radius 2 is 2.05 bits per heavy atom. The van der Waals surface area contributed by atoms with E-state index in [1.807, 2.05) is 29.2 Å². The topological polar surface area (TPSA) is 46.3 Å². The van der Waals surface area contributed by atoms with Crippen LogP contribution in [0.5, 0.6) is 0 Å². The van der Waals surface area contributed by atoms with Gasteiger partial charge in [-0.25, -0.2) is 0 Å². The quantitative estimate of drug-likeness (QED) is 0.837. The lowest BCUT2D eigenvalue weighted by Gasteiger charge is -2.20. The monoisotopic (exact) mass is 270 g/mol. The zero-order valence-electron chi connectivity index (χ0n) is 12.1. The van der Waals surface area contributed by atoms with E-state index in [0.29, 0.717) is 25.4 Å². The second kappa shape index (κ2) is 7.12. The van der Waals surface area contributed by atoms with Gasteiger partial charge in [0.2, 0.25) is 5.91 Å². The summed E-state index contributed by atoms with van der Waals surface area (Å²) in [6, 6.07) is 8.07. The van der Waals surface area contributed by atoms with E-state index in [1.54, 1.807) is 0 Å². The van der Waals surface area contributed by atoms with Crippen LogP contribution >= 0.6 is 0 Å². The molecule has 1 unspecified atom stereocenters. The molecule has 3 heteroatoms. The maximum atomic E-state index is 12.1. The van der Waals surface area contributed by atoms with E-state index in [4.69, 9.17) is 5.73 Å². The summed E-state index contributed by atoms with van der Waals surface area (Å²) < 4.78 is 0. The predicted molar refractivity (Wildman–Crippen MR) is 80.8 cm³/mol. The summed E-state index contributed by atoms with van der Waals surface area (Å²) in [4.78, 5) is 14.0. The Morgan fingerprint density at radius 1 is 1.30 bits per heavy atom. The molecular formula is C17H22N2O. The molecule has 0 bridgehead atoms. The Morgan fingerprint density at radius 3 is 2.75 bits per heavy atom. The summed E-state index contributed by atoms with van der Waals surface area (Å²) in [7, 11) is 0. The zero-order chi connectivity index (χ0) is 14.4. The molecule has 0 aromatic heterocycles. The smallest absolute Gasteiger partial charge is 0.222 e. The van der Waals surface area contributed by atoms with Crippen LogP contribution in [0.2, 0.25) is 0 Å². The Kier molecular flexibility index (Phi) is 5.20. The molecule has 106 valence electrons. The summed E-state index contributed by atoms with van der Waals surface area (Å²) in [6.07, 6.45) is 2.80. The van der Waals surface area contributed by atoms with Crippen LogP contribution in [0.1, 0.15) is 37.3 Å². The number of amides is 1. The number of hydrogen-bond donors (Lipinski definition) is 1. The maximum Gasteiger partial charge on any atom is 0.222 e. The van der Waals surface area contributed by atoms with Crippen LogP contribution in [0.4, 0.5) is 0 Å². The van der Waals surface area contributed by atoms with Crippen LogP contribution < -0.4 is 5.73 Å². The van der Waals surface area contributed by atoms with E-state index in [1.165, 1.54) is 0 Å². The summed E-state index contributed by atoms with van der Waals surface area (Å²) >= 11 is 0. The van der Waals surface area contributed by atoms with E-state index in [9.17, 15) is 4.79 Å². The van der Waals surface area contributed by atoms with Gasteiger partial charge < -0.3 is 10.6 Å². The highest BCUT2D eigenvalue weighted by molar-refractivity contribution is 5.76. The van der Waals surface area contributed by atoms with Gasteiger partial charge in [-0.1, -0.05) is 30.9 Å². The summed E-state index contributed by atoms with van der Waals surface area (Å²) in [5.74, 6) is 6.77. The fourth-order valence-corrected chi connectivity index (χ4v) is 2.41. The van der Waals surface area contributed by atoms with Gasteiger partial charge in [0, 0.05) is 25.1 Å². The van der Waals surface area contributed by atoms with Crippen molar-refractivity contribution < 1.29 is 4.79 Å². The lowest BCUT2D eigenvalue weighted by molar-refractivity contribution is -0.131. The Balaban J connectivity index is 2.00. The molecule has 0 spiro atoms. The average molecular weight is 270 g/mol. The van der Waals surface area contributed by atoms with E-state index < -0.39 is 0 Å². The van der Waals surface area contributed by atoms with Gasteiger partial charge in [0.05, 0.1) is 6.54 Å². The van der Waals surface area contributed by atoms with Crippen molar-refractivity contribution in [2.75, 3.05) is 13.1 Å². The minimum absolute atomic E-state index is 0.279. The molecule has 1 saturated heterocycles. The molecule has 1 fully saturated rings. The second-order valence-electron chi connectivity index (χ2n) is 5.45. The summed E-state index contributed by atoms with van der Waals surface area (Å²) in [5.41, 5.74) is 7.48. The first-order chi connectivity index (χ1) is 9.69. The number of nitrogens with two attached hydrogens (primary N) is 1. The lowest BCUT2D eigenvalue weighted by atomic mass is 10.0. The standard InChI is InChI=1S/C17H22N2O/c1-14-4-9-17(20)19(12-10-14)13-16-7-5-15(6-8-16)3-2-11-18/h5-8,14H,4,9-13,18H2,1H3. The summed E-state index contributed by atoms with van der Waals surface area (Å²) in [5, 5.41) is 0. The normalized spacial score (nSPS) is 19.2. The van der Waals surface area contributed by atoms with E-state index in [0.717, 1.165) is 30.5 Å². The first-order valence-corrected chi connectivity index (χ1v) is 7.24. The molecule has 1 aliphatic rings. The molecule has 2 rings (SSSR count). The largest absolute Gasteiger partial charge is 0.338 e. The Labute approximate surface area is 121 Å². The van der Waals surface area contributed by atoms with Crippen molar-refractivity contribution in [3.05, 3.63) is 35.4 Å². The van der Waals surface area contributed by atoms with Crippen molar-refractivity contribution in [2.24, 2.45) is 11.7 Å². The number of likely N-dealkylation sites (tertiary alicyclic amines) is 1. The van der Waals surface area contributed by atoms with Crippen molar-refractivity contribution in [3.8, 4) is 11.8 Å². The van der Waals surface area contributed by atoms with E-state index in [-0.39, 0.29) is 5.91 Å². The van der Waals surface area contributed by atoms with Gasteiger partial charge in [0.25, 0.3) is 0 Å². The highest BCUT2D eigenvalue weighted by Crippen LogP contribution is 2.19. The second-order valence-corrected chi connectivity index (χ2v) is 5.45. The molecule has 1 heterocycles. The van der Waals surface area contributed by atoms with Gasteiger partial charge in [-0.3, -0.25) is 4.79 Å². The molecule has 0 radical (unpaired) electrons. The van der Waals surface area contributed by atoms with Crippen molar-refractivity contribution in [2.45, 2.75) is 32.7 Å². The van der Waals surface area contributed by atoms with Gasteiger partial charge >= 0.3 is 0 Å². The van der Waals surface area contributed by atoms with Crippen LogP contribution in [0.15, 0.2) is 24.3 Å². The molecule has 20 heavy (non-hydrogen) atoms. The molecule has 1 atom stereocenters. The molecule has 0 aliphatic carbocycles. The molecule has 1 aromatic carbocycles. The van der Waals surface area contributed by atoms with E-state index in [2.05, 4.69) is 18.8 Å². The predicted octanol–water partition coefficient (Wildman–Crippen LogP) is 2.15. The van der Waals surface area contributed by atoms with Crippen LogP contribution in [0.3, 0.4) is 0 Å². The van der Waals surface area contributed by atoms with Gasteiger partial charge in [-0.15, -0.1) is 0 Å². The minimum Gasteiger partial charge on any atom is -0.338 e. The molecule has 1 aliphatic heterocycles. The van der Waals surface area contributed by atoms with Gasteiger partial charge in [0.15, 0.2) is 0 Å². The third kappa shape index (κ3) is 4.11. The number of rotatable bonds is 2.